The largest absolute Gasteiger partial charge is 0.389 e. The Labute approximate surface area is 244 Å². The number of amides is 2. The number of imidazole rings is 1. The molecule has 0 radical (unpaired) electrons. The van der Waals surface area contributed by atoms with Crippen molar-refractivity contribution >= 4 is 17.5 Å². The Morgan fingerprint density at radius 2 is 1.77 bits per heavy atom. The normalized spacial score (nSPS) is 18.7. The highest BCUT2D eigenvalue weighted by Crippen LogP contribution is 2.43. The maximum Gasteiger partial charge on any atom is 0.389 e. The molecular weight excluding hydrogens is 575 g/mol. The summed E-state index contributed by atoms with van der Waals surface area (Å²) in [6, 6.07) is 2.15. The summed E-state index contributed by atoms with van der Waals surface area (Å²) in [5.41, 5.74) is 2.42. The van der Waals surface area contributed by atoms with Crippen molar-refractivity contribution in [1.82, 2.24) is 30.2 Å². The summed E-state index contributed by atoms with van der Waals surface area (Å²) < 4.78 is 72.5. The molecular formula is C29H33F5N6O3. The topological polar surface area (TPSA) is 111 Å². The van der Waals surface area contributed by atoms with Gasteiger partial charge in [-0.15, -0.1) is 0 Å². The van der Waals surface area contributed by atoms with Crippen LogP contribution in [0.15, 0.2) is 36.9 Å². The van der Waals surface area contributed by atoms with Crippen molar-refractivity contribution in [2.24, 2.45) is 11.8 Å². The molecule has 5 rings (SSSR count). The van der Waals surface area contributed by atoms with E-state index in [1.165, 1.54) is 24.0 Å². The highest BCUT2D eigenvalue weighted by molar-refractivity contribution is 5.94. The number of carbonyl (C=O) groups is 2. The maximum absolute atomic E-state index is 14.0. The third kappa shape index (κ3) is 8.03. The number of carbonyl (C=O) groups excluding carboxylic acids is 2. The second-order valence-electron chi connectivity index (χ2n) is 11.4. The molecule has 2 amide bonds. The van der Waals surface area contributed by atoms with Crippen molar-refractivity contribution in [2.45, 2.75) is 82.2 Å². The lowest BCUT2D eigenvalue weighted by Crippen LogP contribution is -2.37. The maximum atomic E-state index is 14.0. The van der Waals surface area contributed by atoms with E-state index >= 15 is 0 Å². The number of hydrogen-bond donors (Lipinski definition) is 2. The van der Waals surface area contributed by atoms with Gasteiger partial charge in [0.1, 0.15) is 0 Å². The average molecular weight is 609 g/mol. The van der Waals surface area contributed by atoms with Gasteiger partial charge in [0, 0.05) is 38.8 Å². The van der Waals surface area contributed by atoms with Crippen LogP contribution in [-0.4, -0.2) is 50.6 Å². The molecule has 43 heavy (non-hydrogen) atoms. The molecule has 0 aromatic carbocycles. The van der Waals surface area contributed by atoms with Gasteiger partial charge >= 0.3 is 6.18 Å². The smallest absolute Gasteiger partial charge is 0.380 e. The molecule has 2 fully saturated rings. The van der Waals surface area contributed by atoms with Crippen LogP contribution >= 0.6 is 0 Å². The molecule has 0 aliphatic heterocycles. The predicted molar refractivity (Wildman–Crippen MR) is 144 cm³/mol. The van der Waals surface area contributed by atoms with E-state index in [1.807, 2.05) is 0 Å². The highest BCUT2D eigenvalue weighted by Gasteiger charge is 2.40. The summed E-state index contributed by atoms with van der Waals surface area (Å²) in [4.78, 5) is 34.4. The first-order chi connectivity index (χ1) is 20.4. The zero-order valence-electron chi connectivity index (χ0n) is 23.5. The van der Waals surface area contributed by atoms with E-state index in [0.717, 1.165) is 12.8 Å². The Morgan fingerprint density at radius 3 is 2.44 bits per heavy atom. The molecule has 9 nitrogen and oxygen atoms in total. The number of rotatable bonds is 11. The summed E-state index contributed by atoms with van der Waals surface area (Å²) in [5, 5.41) is 10.1. The molecule has 2 aliphatic carbocycles. The number of aromatic nitrogens is 4. The first-order valence-corrected chi connectivity index (χ1v) is 14.2. The van der Waals surface area contributed by atoms with Gasteiger partial charge in [-0.05, 0) is 60.8 Å². The Hall–Kier alpha value is -3.68. The van der Waals surface area contributed by atoms with E-state index in [9.17, 15) is 31.5 Å². The van der Waals surface area contributed by atoms with E-state index in [0.29, 0.717) is 28.0 Å². The molecule has 2 N–H and O–H groups in total. The lowest BCUT2D eigenvalue weighted by atomic mass is 9.81. The predicted octanol–water partition coefficient (Wildman–Crippen LogP) is 5.48. The quantitative estimate of drug-likeness (QED) is 0.279. The molecule has 3 heterocycles. The van der Waals surface area contributed by atoms with Gasteiger partial charge in [-0.3, -0.25) is 14.6 Å². The van der Waals surface area contributed by atoms with Gasteiger partial charge in [-0.2, -0.15) is 18.3 Å². The lowest BCUT2D eigenvalue weighted by Gasteiger charge is -2.33. The van der Waals surface area contributed by atoms with Gasteiger partial charge in [0.2, 0.25) is 11.8 Å². The van der Waals surface area contributed by atoms with E-state index in [-0.39, 0.29) is 44.1 Å². The minimum atomic E-state index is -4.43. The fourth-order valence-electron chi connectivity index (χ4n) is 5.54. The standard InChI is InChI=1S/C29H33F5N6O3/c1-43-16-17-10-21(13-35-12-17)27(42)39-26(19-4-7-28(30,31)8-5-19)22-15-40-23(37-22)11-20(14-36-40)25(18-2-3-18)38-24(41)6-9-29(32,33)34/h10-15,18-19,25-26H,2-9,16H2,1H3,(H,38,41)(H,39,42)/t25?,26-/m0/s1. The third-order valence-electron chi connectivity index (χ3n) is 7.97. The molecule has 232 valence electrons. The van der Waals surface area contributed by atoms with Crippen LogP contribution in [0, 0.1) is 11.8 Å². The van der Waals surface area contributed by atoms with Crippen molar-refractivity contribution in [1.29, 1.82) is 0 Å². The van der Waals surface area contributed by atoms with Crippen molar-refractivity contribution in [2.75, 3.05) is 7.11 Å². The van der Waals surface area contributed by atoms with E-state index in [1.54, 1.807) is 24.5 Å². The van der Waals surface area contributed by atoms with Crippen LogP contribution in [0.1, 0.15) is 90.6 Å². The SMILES string of the molecule is COCc1cncc(C(=O)N[C@H](c2cn3ncc(C(NC(=O)CCC(F)(F)F)C4CC4)cc3n2)C2CCC(F)(F)CC2)c1. The average Bonchev–Trinajstić information content (AvgIpc) is 3.71. The van der Waals surface area contributed by atoms with Crippen LogP contribution in [0.25, 0.3) is 5.65 Å². The van der Waals surface area contributed by atoms with Crippen molar-refractivity contribution in [3.05, 3.63) is 59.3 Å². The van der Waals surface area contributed by atoms with Crippen LogP contribution in [0.3, 0.4) is 0 Å². The van der Waals surface area contributed by atoms with Crippen LogP contribution in [0.2, 0.25) is 0 Å². The van der Waals surface area contributed by atoms with Gasteiger partial charge in [-0.25, -0.2) is 18.3 Å². The van der Waals surface area contributed by atoms with Gasteiger partial charge < -0.3 is 15.4 Å². The molecule has 0 bridgehead atoms. The first kappa shape index (κ1) is 30.8. The summed E-state index contributed by atoms with van der Waals surface area (Å²) in [6.07, 6.45) is 1.25. The molecule has 2 saturated carbocycles. The molecule has 14 heteroatoms. The minimum Gasteiger partial charge on any atom is -0.380 e. The van der Waals surface area contributed by atoms with Gasteiger partial charge in [0.15, 0.2) is 5.65 Å². The van der Waals surface area contributed by atoms with Crippen LogP contribution in [0.5, 0.6) is 0 Å². The molecule has 3 aromatic heterocycles. The Morgan fingerprint density at radius 1 is 1.05 bits per heavy atom. The highest BCUT2D eigenvalue weighted by atomic mass is 19.4. The number of hydrogen-bond acceptors (Lipinski definition) is 6. The number of nitrogens with zero attached hydrogens (tertiary/aromatic N) is 4. The monoisotopic (exact) mass is 608 g/mol. The van der Waals surface area contributed by atoms with Crippen LogP contribution < -0.4 is 10.6 Å². The third-order valence-corrected chi connectivity index (χ3v) is 7.97. The molecule has 2 atom stereocenters. The van der Waals surface area contributed by atoms with E-state index in [4.69, 9.17) is 9.72 Å². The number of fused-ring (bicyclic) bond motifs is 1. The molecule has 2 aliphatic rings. The van der Waals surface area contributed by atoms with Crippen molar-refractivity contribution in [3.63, 3.8) is 0 Å². The zero-order chi connectivity index (χ0) is 30.8. The van der Waals surface area contributed by atoms with E-state index < -0.39 is 48.8 Å². The number of alkyl halides is 5. The fraction of sp³-hybridized carbons (Fsp3) is 0.552. The molecule has 0 spiro atoms. The lowest BCUT2D eigenvalue weighted by molar-refractivity contribution is -0.144. The molecule has 3 aromatic rings. The van der Waals surface area contributed by atoms with Crippen molar-refractivity contribution < 1.29 is 36.3 Å². The Kier molecular flexibility index (Phi) is 8.95. The number of nitrogens with one attached hydrogen (secondary N) is 2. The van der Waals surface area contributed by atoms with Crippen LogP contribution in [0.4, 0.5) is 22.0 Å². The van der Waals surface area contributed by atoms with Crippen LogP contribution in [-0.2, 0) is 16.1 Å². The zero-order valence-corrected chi connectivity index (χ0v) is 23.5. The number of methoxy groups -OCH3 is 1. The summed E-state index contributed by atoms with van der Waals surface area (Å²) >= 11 is 0. The van der Waals surface area contributed by atoms with Gasteiger partial charge in [-0.1, -0.05) is 0 Å². The second kappa shape index (κ2) is 12.5. The Balaban J connectivity index is 1.39. The minimum absolute atomic E-state index is 0.0759. The summed E-state index contributed by atoms with van der Waals surface area (Å²) in [5.74, 6) is -4.13. The second-order valence-corrected chi connectivity index (χ2v) is 11.4. The van der Waals surface area contributed by atoms with Gasteiger partial charge in [0.05, 0.1) is 48.8 Å². The van der Waals surface area contributed by atoms with Gasteiger partial charge in [0.25, 0.3) is 5.91 Å². The first-order valence-electron chi connectivity index (χ1n) is 14.2. The van der Waals surface area contributed by atoms with Crippen molar-refractivity contribution in [3.8, 4) is 0 Å². The summed E-state index contributed by atoms with van der Waals surface area (Å²) in [7, 11) is 1.53. The van der Waals surface area contributed by atoms with E-state index in [2.05, 4.69) is 20.7 Å². The molecule has 1 unspecified atom stereocenters. The number of pyridine rings is 1. The molecule has 0 saturated heterocycles. The number of halogens is 5. The summed E-state index contributed by atoms with van der Waals surface area (Å²) in [6.45, 7) is 0.264. The Bertz CT molecular complexity index is 1450. The number of ether oxygens (including phenoxy) is 1. The fourth-order valence-corrected chi connectivity index (χ4v) is 5.54.